The van der Waals surface area contributed by atoms with Gasteiger partial charge in [0.05, 0.1) is 11.3 Å². The third-order valence-electron chi connectivity index (χ3n) is 5.30. The molecule has 1 aromatic heterocycles. The molecular formula is C22H30N4O. The summed E-state index contributed by atoms with van der Waals surface area (Å²) in [6, 6.07) is 10.3. The molecule has 27 heavy (non-hydrogen) atoms. The quantitative estimate of drug-likeness (QED) is 0.772. The van der Waals surface area contributed by atoms with Crippen LogP contribution in [0.15, 0.2) is 42.7 Å². The van der Waals surface area contributed by atoms with E-state index in [1.165, 1.54) is 18.5 Å². The van der Waals surface area contributed by atoms with Crippen molar-refractivity contribution in [3.63, 3.8) is 0 Å². The van der Waals surface area contributed by atoms with Crippen LogP contribution in [0.3, 0.4) is 0 Å². The fourth-order valence-electron chi connectivity index (χ4n) is 3.26. The number of aromatic nitrogens is 1. The summed E-state index contributed by atoms with van der Waals surface area (Å²) in [4.78, 5) is 19.2. The van der Waals surface area contributed by atoms with Crippen LogP contribution in [0, 0.1) is 5.92 Å². The van der Waals surface area contributed by atoms with Crippen LogP contribution in [-0.2, 0) is 0 Å². The Kier molecular flexibility index (Phi) is 6.32. The molecule has 0 spiro atoms. The van der Waals surface area contributed by atoms with Gasteiger partial charge in [-0.05, 0) is 62.4 Å². The lowest BCUT2D eigenvalue weighted by atomic mass is 9.99. The zero-order chi connectivity index (χ0) is 19.2. The van der Waals surface area contributed by atoms with Gasteiger partial charge in [-0.15, -0.1) is 0 Å². The van der Waals surface area contributed by atoms with Crippen molar-refractivity contribution in [3.05, 3.63) is 48.3 Å². The van der Waals surface area contributed by atoms with Gasteiger partial charge < -0.3 is 15.5 Å². The SMILES string of the molecule is CCC(C)Nc1cncc(C(=O)Nc2ccc(N3CCC(C)CC3)cc2)c1. The number of amides is 1. The fourth-order valence-corrected chi connectivity index (χ4v) is 3.26. The summed E-state index contributed by atoms with van der Waals surface area (Å²) in [7, 11) is 0. The third-order valence-corrected chi connectivity index (χ3v) is 5.30. The predicted octanol–water partition coefficient (Wildman–Crippen LogP) is 4.78. The van der Waals surface area contributed by atoms with E-state index in [1.54, 1.807) is 12.4 Å². The number of carbonyl (C=O) groups excluding carboxylic acids is 1. The van der Waals surface area contributed by atoms with Crippen LogP contribution < -0.4 is 15.5 Å². The molecule has 2 heterocycles. The summed E-state index contributed by atoms with van der Waals surface area (Å²) in [5.41, 5.74) is 3.44. The highest BCUT2D eigenvalue weighted by Gasteiger charge is 2.16. The molecular weight excluding hydrogens is 336 g/mol. The number of nitrogens with zero attached hydrogens (tertiary/aromatic N) is 2. The average Bonchev–Trinajstić information content (AvgIpc) is 2.69. The second-order valence-electron chi connectivity index (χ2n) is 7.59. The molecule has 1 fully saturated rings. The zero-order valence-electron chi connectivity index (χ0n) is 16.5. The summed E-state index contributed by atoms with van der Waals surface area (Å²) in [5.74, 6) is 0.675. The highest BCUT2D eigenvalue weighted by atomic mass is 16.1. The number of piperidine rings is 1. The largest absolute Gasteiger partial charge is 0.381 e. The van der Waals surface area contributed by atoms with E-state index in [2.05, 4.69) is 53.4 Å². The van der Waals surface area contributed by atoms with Gasteiger partial charge in [0.1, 0.15) is 0 Å². The molecule has 2 aromatic rings. The van der Waals surface area contributed by atoms with Crippen molar-refractivity contribution in [3.8, 4) is 0 Å². The molecule has 0 aliphatic carbocycles. The van der Waals surface area contributed by atoms with E-state index in [-0.39, 0.29) is 5.91 Å². The molecule has 5 nitrogen and oxygen atoms in total. The predicted molar refractivity (Wildman–Crippen MR) is 113 cm³/mol. The van der Waals surface area contributed by atoms with Crippen molar-refractivity contribution in [2.45, 2.75) is 46.1 Å². The van der Waals surface area contributed by atoms with Crippen LogP contribution in [0.2, 0.25) is 0 Å². The Bertz CT molecular complexity index is 751. The average molecular weight is 367 g/mol. The molecule has 0 radical (unpaired) electrons. The molecule has 0 saturated carbocycles. The Balaban J connectivity index is 1.61. The molecule has 0 bridgehead atoms. The number of nitrogens with one attached hydrogen (secondary N) is 2. The van der Waals surface area contributed by atoms with E-state index in [0.29, 0.717) is 11.6 Å². The summed E-state index contributed by atoms with van der Waals surface area (Å²) < 4.78 is 0. The van der Waals surface area contributed by atoms with Crippen LogP contribution in [-0.4, -0.2) is 30.0 Å². The van der Waals surface area contributed by atoms with Gasteiger partial charge in [-0.1, -0.05) is 13.8 Å². The van der Waals surface area contributed by atoms with Gasteiger partial charge in [-0.25, -0.2) is 0 Å². The molecule has 1 unspecified atom stereocenters. The molecule has 5 heteroatoms. The van der Waals surface area contributed by atoms with Crippen molar-refractivity contribution in [1.82, 2.24) is 4.98 Å². The number of hydrogen-bond donors (Lipinski definition) is 2. The minimum Gasteiger partial charge on any atom is -0.381 e. The van der Waals surface area contributed by atoms with Crippen LogP contribution in [0.25, 0.3) is 0 Å². The maximum atomic E-state index is 12.6. The number of rotatable bonds is 6. The van der Waals surface area contributed by atoms with Crippen molar-refractivity contribution in [1.29, 1.82) is 0 Å². The lowest BCUT2D eigenvalue weighted by Gasteiger charge is -2.32. The normalized spacial score (nSPS) is 16.0. The number of benzene rings is 1. The zero-order valence-corrected chi connectivity index (χ0v) is 16.5. The first-order valence-electron chi connectivity index (χ1n) is 9.93. The summed E-state index contributed by atoms with van der Waals surface area (Å²) in [6.07, 6.45) is 6.84. The van der Waals surface area contributed by atoms with Crippen LogP contribution in [0.4, 0.5) is 17.1 Å². The first-order valence-corrected chi connectivity index (χ1v) is 9.93. The molecule has 1 atom stereocenters. The Morgan fingerprint density at radius 2 is 1.89 bits per heavy atom. The van der Waals surface area contributed by atoms with Gasteiger partial charge in [-0.2, -0.15) is 0 Å². The molecule has 1 aliphatic heterocycles. The van der Waals surface area contributed by atoms with Crippen LogP contribution in [0.1, 0.15) is 50.4 Å². The van der Waals surface area contributed by atoms with Crippen molar-refractivity contribution in [2.75, 3.05) is 28.6 Å². The van der Waals surface area contributed by atoms with Gasteiger partial charge in [0.25, 0.3) is 5.91 Å². The molecule has 1 aliphatic rings. The maximum absolute atomic E-state index is 12.6. The maximum Gasteiger partial charge on any atom is 0.257 e. The van der Waals surface area contributed by atoms with Gasteiger partial charge in [-0.3, -0.25) is 9.78 Å². The highest BCUT2D eigenvalue weighted by molar-refractivity contribution is 6.04. The fraction of sp³-hybridized carbons (Fsp3) is 0.455. The van der Waals surface area contributed by atoms with Crippen molar-refractivity contribution in [2.24, 2.45) is 5.92 Å². The topological polar surface area (TPSA) is 57.3 Å². The number of pyridine rings is 1. The molecule has 1 amide bonds. The number of hydrogen-bond acceptors (Lipinski definition) is 4. The Morgan fingerprint density at radius 1 is 1.19 bits per heavy atom. The lowest BCUT2D eigenvalue weighted by Crippen LogP contribution is -2.32. The second kappa shape index (κ2) is 8.89. The van der Waals surface area contributed by atoms with E-state index in [9.17, 15) is 4.79 Å². The van der Waals surface area contributed by atoms with Gasteiger partial charge >= 0.3 is 0 Å². The van der Waals surface area contributed by atoms with Crippen LogP contribution >= 0.6 is 0 Å². The van der Waals surface area contributed by atoms with E-state index in [0.717, 1.165) is 36.8 Å². The Morgan fingerprint density at radius 3 is 2.56 bits per heavy atom. The monoisotopic (exact) mass is 366 g/mol. The minimum atomic E-state index is -0.144. The number of anilines is 3. The molecule has 2 N–H and O–H groups in total. The highest BCUT2D eigenvalue weighted by Crippen LogP contribution is 2.24. The van der Waals surface area contributed by atoms with Gasteiger partial charge in [0.2, 0.25) is 0 Å². The second-order valence-corrected chi connectivity index (χ2v) is 7.59. The molecule has 1 saturated heterocycles. The summed E-state index contributed by atoms with van der Waals surface area (Å²) in [5, 5.41) is 6.31. The summed E-state index contributed by atoms with van der Waals surface area (Å²) in [6.45, 7) is 8.76. The van der Waals surface area contributed by atoms with E-state index in [4.69, 9.17) is 0 Å². The van der Waals surface area contributed by atoms with Crippen molar-refractivity contribution < 1.29 is 4.79 Å². The summed E-state index contributed by atoms with van der Waals surface area (Å²) >= 11 is 0. The van der Waals surface area contributed by atoms with Crippen molar-refractivity contribution >= 4 is 23.0 Å². The molecule has 3 rings (SSSR count). The Labute approximate surface area is 162 Å². The van der Waals surface area contributed by atoms with Crippen LogP contribution in [0.5, 0.6) is 0 Å². The molecule has 144 valence electrons. The number of carbonyl (C=O) groups is 1. The Hall–Kier alpha value is -2.56. The van der Waals surface area contributed by atoms with Gasteiger partial charge in [0.15, 0.2) is 0 Å². The molecule has 1 aromatic carbocycles. The van der Waals surface area contributed by atoms with E-state index in [1.807, 2.05) is 18.2 Å². The van der Waals surface area contributed by atoms with E-state index >= 15 is 0 Å². The third kappa shape index (κ3) is 5.22. The standard InChI is InChI=1S/C22H30N4O/c1-4-17(3)24-20-13-18(14-23-15-20)22(27)25-19-5-7-21(8-6-19)26-11-9-16(2)10-12-26/h5-8,13-17,24H,4,9-12H2,1-3H3,(H,25,27). The van der Waals surface area contributed by atoms with E-state index < -0.39 is 0 Å². The first kappa shape index (κ1) is 19.2. The first-order chi connectivity index (χ1) is 13.0. The smallest absolute Gasteiger partial charge is 0.257 e. The minimum absolute atomic E-state index is 0.144. The lowest BCUT2D eigenvalue weighted by molar-refractivity contribution is 0.102. The van der Waals surface area contributed by atoms with Gasteiger partial charge in [0, 0.05) is 42.9 Å².